The first-order valence-corrected chi connectivity index (χ1v) is 11.7. The van der Waals surface area contributed by atoms with Crippen molar-refractivity contribution in [3.05, 3.63) is 0 Å². The SMILES string of the molecule is CC1CC(C)C(CNC(=O)C2CCCC(N(C)C3CCCC3)C2Br)C(=O)N1. The Labute approximate surface area is 172 Å². The molecule has 1 saturated heterocycles. The van der Waals surface area contributed by atoms with Crippen LogP contribution in [0.3, 0.4) is 0 Å². The highest BCUT2D eigenvalue weighted by Crippen LogP contribution is 2.36. The Bertz CT molecular complexity index is 538. The Kier molecular flexibility index (Phi) is 7.23. The molecule has 154 valence electrons. The second kappa shape index (κ2) is 9.25. The van der Waals surface area contributed by atoms with Crippen molar-refractivity contribution in [2.45, 2.75) is 88.2 Å². The highest BCUT2D eigenvalue weighted by Gasteiger charge is 2.40. The number of nitrogens with one attached hydrogen (secondary N) is 2. The number of rotatable bonds is 5. The van der Waals surface area contributed by atoms with E-state index < -0.39 is 0 Å². The Hall–Kier alpha value is -0.620. The minimum atomic E-state index is -0.112. The lowest BCUT2D eigenvalue weighted by atomic mass is 9.82. The fraction of sp³-hybridized carbons (Fsp3) is 0.905. The molecule has 6 heteroatoms. The van der Waals surface area contributed by atoms with E-state index in [0.29, 0.717) is 24.5 Å². The highest BCUT2D eigenvalue weighted by atomic mass is 79.9. The van der Waals surface area contributed by atoms with Crippen molar-refractivity contribution in [1.29, 1.82) is 0 Å². The maximum Gasteiger partial charge on any atom is 0.225 e. The van der Waals surface area contributed by atoms with Gasteiger partial charge in [-0.3, -0.25) is 14.5 Å². The smallest absolute Gasteiger partial charge is 0.225 e. The molecule has 1 aliphatic heterocycles. The molecule has 0 aromatic rings. The topological polar surface area (TPSA) is 61.4 Å². The van der Waals surface area contributed by atoms with Gasteiger partial charge in [-0.2, -0.15) is 0 Å². The van der Waals surface area contributed by atoms with E-state index in [9.17, 15) is 9.59 Å². The molecule has 2 amide bonds. The van der Waals surface area contributed by atoms with Crippen LogP contribution in [0.5, 0.6) is 0 Å². The molecule has 0 radical (unpaired) electrons. The van der Waals surface area contributed by atoms with Crippen molar-refractivity contribution in [2.24, 2.45) is 17.8 Å². The third kappa shape index (κ3) is 4.87. The Morgan fingerprint density at radius 1 is 1.19 bits per heavy atom. The highest BCUT2D eigenvalue weighted by molar-refractivity contribution is 9.09. The number of piperidine rings is 1. The van der Waals surface area contributed by atoms with Gasteiger partial charge in [0.1, 0.15) is 0 Å². The van der Waals surface area contributed by atoms with Crippen molar-refractivity contribution >= 4 is 27.7 Å². The molecule has 2 N–H and O–H groups in total. The minimum Gasteiger partial charge on any atom is -0.355 e. The molecular weight excluding hydrogens is 406 g/mol. The van der Waals surface area contributed by atoms with E-state index in [0.717, 1.165) is 25.7 Å². The number of amides is 2. The molecule has 0 aromatic heterocycles. The Balaban J connectivity index is 1.55. The van der Waals surface area contributed by atoms with Crippen molar-refractivity contribution in [3.8, 4) is 0 Å². The second-order valence-electron chi connectivity index (χ2n) is 9.13. The predicted molar refractivity (Wildman–Crippen MR) is 112 cm³/mol. The summed E-state index contributed by atoms with van der Waals surface area (Å²) in [7, 11) is 2.24. The number of hydrogen-bond acceptors (Lipinski definition) is 3. The molecule has 3 fully saturated rings. The lowest BCUT2D eigenvalue weighted by Crippen LogP contribution is -2.53. The van der Waals surface area contributed by atoms with Crippen LogP contribution in [0.2, 0.25) is 0 Å². The van der Waals surface area contributed by atoms with E-state index >= 15 is 0 Å². The average Bonchev–Trinajstić information content (AvgIpc) is 3.15. The summed E-state index contributed by atoms with van der Waals surface area (Å²) in [4.78, 5) is 27.9. The van der Waals surface area contributed by atoms with Crippen molar-refractivity contribution < 1.29 is 9.59 Å². The number of carbonyl (C=O) groups is 2. The number of alkyl halides is 1. The van der Waals surface area contributed by atoms with Gasteiger partial charge in [0.05, 0.1) is 11.8 Å². The summed E-state index contributed by atoms with van der Waals surface area (Å²) < 4.78 is 0. The van der Waals surface area contributed by atoms with Gasteiger partial charge in [-0.15, -0.1) is 0 Å². The van der Waals surface area contributed by atoms with E-state index in [2.05, 4.69) is 45.4 Å². The summed E-state index contributed by atoms with van der Waals surface area (Å²) in [6.45, 7) is 4.62. The molecule has 0 bridgehead atoms. The van der Waals surface area contributed by atoms with Crippen LogP contribution in [-0.4, -0.2) is 53.3 Å². The number of hydrogen-bond donors (Lipinski definition) is 2. The van der Waals surface area contributed by atoms with E-state index in [4.69, 9.17) is 0 Å². The Morgan fingerprint density at radius 2 is 1.89 bits per heavy atom. The number of nitrogens with zero attached hydrogens (tertiary/aromatic N) is 1. The van der Waals surface area contributed by atoms with Gasteiger partial charge in [0.25, 0.3) is 0 Å². The summed E-state index contributed by atoms with van der Waals surface area (Å²) >= 11 is 3.89. The third-order valence-corrected chi connectivity index (χ3v) is 8.41. The normalized spacial score (nSPS) is 38.0. The first-order chi connectivity index (χ1) is 12.9. The van der Waals surface area contributed by atoms with Crippen LogP contribution in [-0.2, 0) is 9.59 Å². The van der Waals surface area contributed by atoms with E-state index in [1.54, 1.807) is 0 Å². The van der Waals surface area contributed by atoms with Crippen LogP contribution < -0.4 is 10.6 Å². The largest absolute Gasteiger partial charge is 0.355 e. The van der Waals surface area contributed by atoms with E-state index in [1.165, 1.54) is 25.7 Å². The van der Waals surface area contributed by atoms with Gasteiger partial charge in [-0.25, -0.2) is 0 Å². The van der Waals surface area contributed by atoms with Gasteiger partial charge in [0.2, 0.25) is 11.8 Å². The fourth-order valence-electron chi connectivity index (χ4n) is 5.44. The maximum atomic E-state index is 12.9. The summed E-state index contributed by atoms with van der Waals surface area (Å²) in [5.41, 5.74) is 0. The molecule has 0 aromatic carbocycles. The average molecular weight is 442 g/mol. The lowest BCUT2D eigenvalue weighted by molar-refractivity contribution is -0.131. The van der Waals surface area contributed by atoms with Gasteiger partial charge >= 0.3 is 0 Å². The number of carbonyl (C=O) groups excluding carboxylic acids is 2. The van der Waals surface area contributed by atoms with Gasteiger partial charge in [-0.05, 0) is 52.0 Å². The summed E-state index contributed by atoms with van der Waals surface area (Å²) in [6.07, 6.45) is 9.41. The zero-order chi connectivity index (χ0) is 19.6. The molecule has 3 aliphatic rings. The summed E-state index contributed by atoms with van der Waals surface area (Å²) in [5, 5.41) is 6.13. The molecule has 3 rings (SSSR count). The Morgan fingerprint density at radius 3 is 2.56 bits per heavy atom. The molecule has 0 spiro atoms. The van der Waals surface area contributed by atoms with Crippen molar-refractivity contribution in [3.63, 3.8) is 0 Å². The first kappa shape index (κ1) is 21.1. The monoisotopic (exact) mass is 441 g/mol. The molecule has 1 heterocycles. The zero-order valence-corrected chi connectivity index (χ0v) is 18.6. The van der Waals surface area contributed by atoms with Crippen LogP contribution in [0, 0.1) is 17.8 Å². The lowest BCUT2D eigenvalue weighted by Gasteiger charge is -2.42. The van der Waals surface area contributed by atoms with Crippen LogP contribution >= 0.6 is 15.9 Å². The summed E-state index contributed by atoms with van der Waals surface area (Å²) in [5.74, 6) is 0.383. The van der Waals surface area contributed by atoms with Crippen molar-refractivity contribution in [2.75, 3.05) is 13.6 Å². The molecule has 6 unspecified atom stereocenters. The van der Waals surface area contributed by atoms with Crippen LogP contribution in [0.15, 0.2) is 0 Å². The third-order valence-electron chi connectivity index (χ3n) is 7.16. The zero-order valence-electron chi connectivity index (χ0n) is 17.0. The fourth-order valence-corrected chi connectivity index (χ4v) is 6.59. The molecule has 2 aliphatic carbocycles. The summed E-state index contributed by atoms with van der Waals surface area (Å²) in [6, 6.07) is 1.33. The van der Waals surface area contributed by atoms with Crippen LogP contribution in [0.25, 0.3) is 0 Å². The van der Waals surface area contributed by atoms with Crippen LogP contribution in [0.1, 0.15) is 65.2 Å². The van der Waals surface area contributed by atoms with Gasteiger partial charge in [-0.1, -0.05) is 42.1 Å². The maximum absolute atomic E-state index is 12.9. The minimum absolute atomic E-state index is 0.00603. The van der Waals surface area contributed by atoms with Crippen molar-refractivity contribution in [1.82, 2.24) is 15.5 Å². The standard InChI is InChI=1S/C21H36BrN3O2/c1-13-11-14(2)24-21(27)17(13)12-23-20(26)16-9-6-10-18(19(16)22)25(3)15-7-4-5-8-15/h13-19H,4-12H2,1-3H3,(H,23,26)(H,24,27). The second-order valence-corrected chi connectivity index (χ2v) is 10.2. The van der Waals surface area contributed by atoms with Gasteiger partial charge in [0.15, 0.2) is 0 Å². The molecule has 2 saturated carbocycles. The van der Waals surface area contributed by atoms with E-state index in [1.807, 2.05) is 6.92 Å². The predicted octanol–water partition coefficient (Wildman–Crippen LogP) is 3.07. The number of halogens is 1. The van der Waals surface area contributed by atoms with Crippen LogP contribution in [0.4, 0.5) is 0 Å². The molecule has 5 nitrogen and oxygen atoms in total. The molecule has 27 heavy (non-hydrogen) atoms. The van der Waals surface area contributed by atoms with Gasteiger partial charge in [0, 0.05) is 29.5 Å². The van der Waals surface area contributed by atoms with Gasteiger partial charge < -0.3 is 10.6 Å². The quantitative estimate of drug-likeness (QED) is 0.644. The van der Waals surface area contributed by atoms with E-state index in [-0.39, 0.29) is 34.5 Å². The molecule has 6 atom stereocenters. The first-order valence-electron chi connectivity index (χ1n) is 10.8. The molecular formula is C21H36BrN3O2.